The number of nitrogens with zero attached hydrogens (tertiary/aromatic N) is 4. The number of nitrogens with one attached hydrogen (secondary N) is 1. The van der Waals surface area contributed by atoms with Crippen LogP contribution < -0.4 is 5.32 Å². The average molecular weight is 396 g/mol. The van der Waals surface area contributed by atoms with Crippen LogP contribution >= 0.6 is 11.8 Å². The van der Waals surface area contributed by atoms with Gasteiger partial charge in [-0.25, -0.2) is 0 Å². The topological polar surface area (TPSA) is 72.7 Å². The molecule has 0 atom stereocenters. The van der Waals surface area contributed by atoms with Crippen LogP contribution in [0.4, 0.5) is 5.69 Å². The number of amides is 1. The van der Waals surface area contributed by atoms with Crippen LogP contribution in [0.25, 0.3) is 5.69 Å². The highest BCUT2D eigenvalue weighted by Crippen LogP contribution is 2.20. The van der Waals surface area contributed by atoms with Crippen LogP contribution in [0.1, 0.15) is 36.5 Å². The van der Waals surface area contributed by atoms with Crippen LogP contribution in [0.15, 0.2) is 47.6 Å². The highest BCUT2D eigenvalue weighted by molar-refractivity contribution is 7.99. The first kappa shape index (κ1) is 20.1. The van der Waals surface area contributed by atoms with E-state index < -0.39 is 0 Å². The third kappa shape index (κ3) is 5.19. The lowest BCUT2D eigenvalue weighted by Crippen LogP contribution is -2.14. The molecule has 146 valence electrons. The van der Waals surface area contributed by atoms with Gasteiger partial charge in [0.25, 0.3) is 0 Å². The zero-order chi connectivity index (χ0) is 19.9. The quantitative estimate of drug-likeness (QED) is 0.574. The third-order valence-corrected chi connectivity index (χ3v) is 5.48. The van der Waals surface area contributed by atoms with Crippen molar-refractivity contribution < 1.29 is 4.79 Å². The molecule has 7 heteroatoms. The summed E-state index contributed by atoms with van der Waals surface area (Å²) in [4.78, 5) is 12.3. The monoisotopic (exact) mass is 395 g/mol. The minimum Gasteiger partial charge on any atom is -0.325 e. The van der Waals surface area contributed by atoms with Gasteiger partial charge < -0.3 is 5.32 Å². The van der Waals surface area contributed by atoms with Crippen LogP contribution in [-0.4, -0.2) is 31.9 Å². The Hall–Kier alpha value is -2.67. The number of anilines is 1. The van der Waals surface area contributed by atoms with Crippen molar-refractivity contribution in [3.63, 3.8) is 0 Å². The van der Waals surface area contributed by atoms with Gasteiger partial charge in [0.2, 0.25) is 11.1 Å². The van der Waals surface area contributed by atoms with Crippen molar-refractivity contribution >= 4 is 23.4 Å². The van der Waals surface area contributed by atoms with Crippen molar-refractivity contribution in [3.05, 3.63) is 59.2 Å². The van der Waals surface area contributed by atoms with Gasteiger partial charge in [-0.1, -0.05) is 43.3 Å². The zero-order valence-electron chi connectivity index (χ0n) is 16.5. The van der Waals surface area contributed by atoms with Crippen molar-refractivity contribution in [2.75, 3.05) is 11.1 Å². The van der Waals surface area contributed by atoms with Crippen molar-refractivity contribution in [1.29, 1.82) is 0 Å². The first-order chi connectivity index (χ1) is 13.6. The molecule has 0 saturated heterocycles. The lowest BCUT2D eigenvalue weighted by molar-refractivity contribution is -0.113. The second kappa shape index (κ2) is 9.50. The minimum absolute atomic E-state index is 0.0825. The highest BCUT2D eigenvalue weighted by Gasteiger charge is 2.12. The van der Waals surface area contributed by atoms with E-state index in [1.807, 2.05) is 30.3 Å². The maximum absolute atomic E-state index is 12.3. The maximum Gasteiger partial charge on any atom is 0.234 e. The molecular formula is C21H25N5OS. The molecule has 2 aromatic carbocycles. The Labute approximate surface area is 169 Å². The number of rotatable bonds is 8. The Morgan fingerprint density at radius 3 is 2.61 bits per heavy atom. The Balaban J connectivity index is 1.58. The van der Waals surface area contributed by atoms with Crippen molar-refractivity contribution in [3.8, 4) is 5.69 Å². The molecule has 0 radical (unpaired) electrons. The molecule has 0 spiro atoms. The first-order valence-corrected chi connectivity index (χ1v) is 10.4. The van der Waals surface area contributed by atoms with Gasteiger partial charge in [-0.05, 0) is 78.1 Å². The lowest BCUT2D eigenvalue weighted by atomic mass is 10.1. The van der Waals surface area contributed by atoms with E-state index in [0.29, 0.717) is 5.16 Å². The van der Waals surface area contributed by atoms with Gasteiger partial charge >= 0.3 is 0 Å². The van der Waals surface area contributed by atoms with E-state index >= 15 is 0 Å². The SMILES string of the molecule is CCCCc1ccc(NC(=O)CSc2nnnn2-c2ccc(C)c(C)c2)cc1. The highest BCUT2D eigenvalue weighted by atomic mass is 32.2. The summed E-state index contributed by atoms with van der Waals surface area (Å²) in [5, 5.41) is 15.4. The van der Waals surface area contributed by atoms with Gasteiger partial charge in [0.05, 0.1) is 11.4 Å². The molecule has 0 aliphatic heterocycles. The van der Waals surface area contributed by atoms with Crippen LogP contribution in [0, 0.1) is 13.8 Å². The fourth-order valence-electron chi connectivity index (χ4n) is 2.75. The molecule has 0 unspecified atom stereocenters. The number of unbranched alkanes of at least 4 members (excludes halogenated alkanes) is 1. The number of carbonyl (C=O) groups excluding carboxylic acids is 1. The largest absolute Gasteiger partial charge is 0.325 e. The molecule has 6 nitrogen and oxygen atoms in total. The summed E-state index contributed by atoms with van der Waals surface area (Å²) in [5.41, 5.74) is 5.37. The van der Waals surface area contributed by atoms with E-state index in [-0.39, 0.29) is 11.7 Å². The number of hydrogen-bond acceptors (Lipinski definition) is 5. The minimum atomic E-state index is -0.0825. The van der Waals surface area contributed by atoms with E-state index in [2.05, 4.69) is 53.7 Å². The molecule has 0 aliphatic rings. The number of aryl methyl sites for hydroxylation is 3. The average Bonchev–Trinajstić information content (AvgIpc) is 3.16. The van der Waals surface area contributed by atoms with Crippen molar-refractivity contribution in [2.45, 2.75) is 45.2 Å². The van der Waals surface area contributed by atoms with E-state index in [4.69, 9.17) is 0 Å². The Morgan fingerprint density at radius 2 is 1.89 bits per heavy atom. The second-order valence-electron chi connectivity index (χ2n) is 6.78. The van der Waals surface area contributed by atoms with E-state index in [0.717, 1.165) is 17.8 Å². The molecule has 3 rings (SSSR count). The first-order valence-electron chi connectivity index (χ1n) is 9.44. The maximum atomic E-state index is 12.3. The van der Waals surface area contributed by atoms with Crippen molar-refractivity contribution in [1.82, 2.24) is 20.2 Å². The number of aromatic nitrogens is 4. The van der Waals surface area contributed by atoms with Gasteiger partial charge in [0.1, 0.15) is 0 Å². The molecule has 1 N–H and O–H groups in total. The predicted octanol–water partition coefficient (Wildman–Crippen LogP) is 4.35. The summed E-state index contributed by atoms with van der Waals surface area (Å²) in [6.45, 7) is 6.30. The number of carbonyl (C=O) groups is 1. The van der Waals surface area contributed by atoms with E-state index in [1.165, 1.54) is 41.3 Å². The van der Waals surface area contributed by atoms with Crippen LogP contribution in [0.5, 0.6) is 0 Å². The van der Waals surface area contributed by atoms with Gasteiger partial charge in [-0.15, -0.1) is 5.10 Å². The summed E-state index contributed by atoms with van der Waals surface area (Å²) in [7, 11) is 0. The molecular weight excluding hydrogens is 370 g/mol. The summed E-state index contributed by atoms with van der Waals surface area (Å²) < 4.78 is 1.66. The number of tetrazole rings is 1. The summed E-state index contributed by atoms with van der Waals surface area (Å²) in [6.07, 6.45) is 3.43. The molecule has 28 heavy (non-hydrogen) atoms. The number of hydrogen-bond donors (Lipinski definition) is 1. The third-order valence-electron chi connectivity index (χ3n) is 4.57. The number of thioether (sulfide) groups is 1. The van der Waals surface area contributed by atoms with Gasteiger partial charge in [0, 0.05) is 5.69 Å². The molecule has 0 aliphatic carbocycles. The van der Waals surface area contributed by atoms with E-state index in [1.54, 1.807) is 4.68 Å². The molecule has 1 aromatic heterocycles. The molecule has 1 heterocycles. The van der Waals surface area contributed by atoms with Crippen LogP contribution in [-0.2, 0) is 11.2 Å². The fraction of sp³-hybridized carbons (Fsp3) is 0.333. The molecule has 0 fully saturated rings. The van der Waals surface area contributed by atoms with Gasteiger partial charge in [-0.2, -0.15) is 4.68 Å². The van der Waals surface area contributed by atoms with Crippen LogP contribution in [0.3, 0.4) is 0 Å². The standard InChI is InChI=1S/C21H25N5OS/c1-4-5-6-17-8-10-18(11-9-17)22-20(27)14-28-21-23-24-25-26(21)19-12-7-15(2)16(3)13-19/h7-13H,4-6,14H2,1-3H3,(H,22,27). The molecule has 0 saturated carbocycles. The van der Waals surface area contributed by atoms with E-state index in [9.17, 15) is 4.79 Å². The van der Waals surface area contributed by atoms with Gasteiger partial charge in [0.15, 0.2) is 0 Å². The molecule has 0 bridgehead atoms. The number of benzene rings is 2. The summed E-state index contributed by atoms with van der Waals surface area (Å²) >= 11 is 1.32. The summed E-state index contributed by atoms with van der Waals surface area (Å²) in [6, 6.07) is 14.1. The second-order valence-corrected chi connectivity index (χ2v) is 7.72. The predicted molar refractivity (Wildman–Crippen MR) is 113 cm³/mol. The summed E-state index contributed by atoms with van der Waals surface area (Å²) in [5.74, 6) is 0.156. The smallest absolute Gasteiger partial charge is 0.234 e. The van der Waals surface area contributed by atoms with Gasteiger partial charge in [-0.3, -0.25) is 4.79 Å². The Bertz CT molecular complexity index is 936. The normalized spacial score (nSPS) is 10.8. The Kier molecular flexibility index (Phi) is 6.81. The van der Waals surface area contributed by atoms with Crippen molar-refractivity contribution in [2.24, 2.45) is 0 Å². The molecule has 1 amide bonds. The Morgan fingerprint density at radius 1 is 1.11 bits per heavy atom. The van der Waals surface area contributed by atoms with Crippen LogP contribution in [0.2, 0.25) is 0 Å². The lowest BCUT2D eigenvalue weighted by Gasteiger charge is -2.08. The zero-order valence-corrected chi connectivity index (χ0v) is 17.3. The molecule has 3 aromatic rings. The fourth-order valence-corrected chi connectivity index (χ4v) is 3.44.